The zero-order chi connectivity index (χ0) is 23.5. The molecule has 0 saturated carbocycles. The fourth-order valence-electron chi connectivity index (χ4n) is 3.26. The first kappa shape index (κ1) is 24.2. The van der Waals surface area contributed by atoms with Crippen molar-refractivity contribution in [3.63, 3.8) is 0 Å². The summed E-state index contributed by atoms with van der Waals surface area (Å²) in [6.07, 6.45) is -1.74. The number of nitrogens with two attached hydrogens (primary N) is 3. The molecule has 32 heavy (non-hydrogen) atoms. The number of nitrogens with one attached hydrogen (secondary N) is 1. The van der Waals surface area contributed by atoms with Crippen LogP contribution >= 0.6 is 0 Å². The molecule has 9 N–H and O–H groups in total. The van der Waals surface area contributed by atoms with E-state index in [0.29, 0.717) is 19.4 Å². The summed E-state index contributed by atoms with van der Waals surface area (Å²) >= 11 is 0. The number of nitrogens with zero attached hydrogens (tertiary/aromatic N) is 4. The third-order valence-corrected chi connectivity index (χ3v) is 5.85. The third-order valence-electron chi connectivity index (χ3n) is 4.92. The number of aliphatic hydroxyl groups is 2. The van der Waals surface area contributed by atoms with Gasteiger partial charge in [0.25, 0.3) is 5.91 Å². The largest absolute Gasteiger partial charge is 0.394 e. The van der Waals surface area contributed by atoms with Gasteiger partial charge in [-0.3, -0.25) is 9.36 Å². The Kier molecular flexibility index (Phi) is 7.55. The lowest BCUT2D eigenvalue weighted by Crippen LogP contribution is -2.46. The Balaban J connectivity index is 1.80. The highest BCUT2D eigenvalue weighted by atomic mass is 32.2. The van der Waals surface area contributed by atoms with E-state index in [9.17, 15) is 23.4 Å². The van der Waals surface area contributed by atoms with Crippen LogP contribution < -0.4 is 21.9 Å². The first-order valence-corrected chi connectivity index (χ1v) is 11.2. The molecule has 0 spiro atoms. The molecule has 1 fully saturated rings. The Morgan fingerprint density at radius 2 is 2.09 bits per heavy atom. The summed E-state index contributed by atoms with van der Waals surface area (Å²) in [5.41, 5.74) is 17.3. The summed E-state index contributed by atoms with van der Waals surface area (Å²) in [5.74, 6) is -0.897. The van der Waals surface area contributed by atoms with Crippen LogP contribution in [0.1, 0.15) is 25.5 Å². The third kappa shape index (κ3) is 5.12. The fraction of sp³-hybridized carbons (Fsp3) is 0.625. The van der Waals surface area contributed by atoms with Gasteiger partial charge in [0.05, 0.1) is 19.0 Å². The van der Waals surface area contributed by atoms with Crippen LogP contribution in [0, 0.1) is 0 Å². The summed E-state index contributed by atoms with van der Waals surface area (Å²) in [6, 6.07) is -1.09. The van der Waals surface area contributed by atoms with E-state index in [1.807, 2.05) is 0 Å². The van der Waals surface area contributed by atoms with Gasteiger partial charge in [-0.1, -0.05) is 6.42 Å². The average molecular weight is 475 g/mol. The fourth-order valence-corrected chi connectivity index (χ4v) is 4.21. The molecule has 0 aliphatic carbocycles. The molecule has 1 amide bonds. The van der Waals surface area contributed by atoms with E-state index in [-0.39, 0.29) is 23.4 Å². The Hall–Kier alpha value is -2.47. The van der Waals surface area contributed by atoms with Crippen molar-refractivity contribution in [1.29, 1.82) is 0 Å². The number of fused-ring (bicyclic) bond motifs is 1. The van der Waals surface area contributed by atoms with Crippen molar-refractivity contribution in [2.24, 2.45) is 11.5 Å². The van der Waals surface area contributed by atoms with Crippen LogP contribution in [0.5, 0.6) is 0 Å². The van der Waals surface area contributed by atoms with Gasteiger partial charge in [-0.2, -0.15) is 8.42 Å². The summed E-state index contributed by atoms with van der Waals surface area (Å²) in [4.78, 5) is 24.1. The summed E-state index contributed by atoms with van der Waals surface area (Å²) in [7, 11) is -4.71. The van der Waals surface area contributed by atoms with Crippen LogP contribution in [0.15, 0.2) is 12.7 Å². The van der Waals surface area contributed by atoms with E-state index in [4.69, 9.17) is 26.1 Å². The van der Waals surface area contributed by atoms with Gasteiger partial charge in [0.15, 0.2) is 23.8 Å². The number of unbranched alkanes of at least 4 members (excludes halogenated alkanes) is 1. The maximum absolute atomic E-state index is 12.5. The minimum atomic E-state index is -4.71. The smallest absolute Gasteiger partial charge is 0.362 e. The second kappa shape index (κ2) is 9.99. The van der Waals surface area contributed by atoms with Crippen LogP contribution in [0.3, 0.4) is 0 Å². The highest BCUT2D eigenvalue weighted by Crippen LogP contribution is 2.34. The van der Waals surface area contributed by atoms with Gasteiger partial charge < -0.3 is 32.2 Å². The number of aromatic nitrogens is 4. The van der Waals surface area contributed by atoms with E-state index in [1.54, 1.807) is 4.72 Å². The number of carbonyl (C=O) groups is 1. The Morgan fingerprint density at radius 1 is 1.34 bits per heavy atom. The van der Waals surface area contributed by atoms with Gasteiger partial charge in [-0.15, -0.1) is 0 Å². The average Bonchev–Trinajstić information content (AvgIpc) is 3.30. The van der Waals surface area contributed by atoms with E-state index in [0.717, 1.165) is 0 Å². The molecule has 0 radical (unpaired) electrons. The van der Waals surface area contributed by atoms with Crippen LogP contribution in [0.25, 0.3) is 11.2 Å². The molecule has 1 saturated heterocycles. The summed E-state index contributed by atoms with van der Waals surface area (Å²) < 4.78 is 38.6. The molecule has 0 unspecified atom stereocenters. The standard InChI is InChI=1S/C16H26N8O7S/c17-4-2-1-3-8(18)15(27)23-32(28,29)31-12-11(26)9(5-25)30-16(12)24-7-22-10-13(19)20-6-21-14(10)24/h6-9,11-12,16,25-26H,1-5,17-18H2,(H,23,27)(H2,19,20,21)/t8-,9+,11+,12+,16+/m0/s1. The van der Waals surface area contributed by atoms with Gasteiger partial charge in [0.1, 0.15) is 24.1 Å². The van der Waals surface area contributed by atoms with E-state index in [2.05, 4.69) is 15.0 Å². The summed E-state index contributed by atoms with van der Waals surface area (Å²) in [6.45, 7) is -0.206. The van der Waals surface area contributed by atoms with Crippen molar-refractivity contribution in [3.05, 3.63) is 12.7 Å². The molecular formula is C16H26N8O7S. The normalized spacial score (nSPS) is 24.6. The predicted octanol–water partition coefficient (Wildman–Crippen LogP) is -3.14. The first-order valence-electron chi connectivity index (χ1n) is 9.76. The predicted molar refractivity (Wildman–Crippen MR) is 110 cm³/mol. The molecule has 3 rings (SSSR count). The number of hydrogen-bond donors (Lipinski definition) is 6. The number of hydrogen-bond acceptors (Lipinski definition) is 13. The molecule has 2 aromatic rings. The number of amides is 1. The van der Waals surface area contributed by atoms with Crippen molar-refractivity contribution in [3.8, 4) is 0 Å². The van der Waals surface area contributed by atoms with Gasteiger partial charge >= 0.3 is 10.3 Å². The zero-order valence-corrected chi connectivity index (χ0v) is 17.8. The monoisotopic (exact) mass is 474 g/mol. The van der Waals surface area contributed by atoms with Crippen molar-refractivity contribution in [2.45, 2.75) is 49.8 Å². The van der Waals surface area contributed by atoms with Crippen LogP contribution in [-0.4, -0.2) is 81.6 Å². The molecule has 2 aromatic heterocycles. The van der Waals surface area contributed by atoms with Crippen molar-refractivity contribution < 1.29 is 32.3 Å². The van der Waals surface area contributed by atoms with Crippen molar-refractivity contribution in [1.82, 2.24) is 24.2 Å². The molecule has 0 bridgehead atoms. The quantitative estimate of drug-likeness (QED) is 0.187. The van der Waals surface area contributed by atoms with Crippen LogP contribution in [0.2, 0.25) is 0 Å². The Labute approximate surface area is 183 Å². The van der Waals surface area contributed by atoms with Gasteiger partial charge in [0, 0.05) is 0 Å². The Bertz CT molecular complexity index is 1050. The number of ether oxygens (including phenoxy) is 1. The topological polar surface area (TPSA) is 244 Å². The SMILES string of the molecule is NCCCC[C@H](N)C(=O)NS(=O)(=O)O[C@@H]1[C@H](O)[C@@H](CO)O[C@H]1n1cnc2c(N)ncnc21. The molecule has 0 aromatic carbocycles. The maximum Gasteiger partial charge on any atom is 0.362 e. The minimum Gasteiger partial charge on any atom is -0.394 e. The van der Waals surface area contributed by atoms with Gasteiger partial charge in [-0.05, 0) is 19.4 Å². The number of rotatable bonds is 10. The lowest BCUT2D eigenvalue weighted by atomic mass is 10.1. The zero-order valence-electron chi connectivity index (χ0n) is 16.9. The second-order valence-corrected chi connectivity index (χ2v) is 8.50. The Morgan fingerprint density at radius 3 is 2.78 bits per heavy atom. The van der Waals surface area contributed by atoms with Gasteiger partial charge in [0.2, 0.25) is 0 Å². The number of nitrogen functional groups attached to an aromatic ring is 1. The molecule has 5 atom stereocenters. The number of imidazole rings is 1. The lowest BCUT2D eigenvalue weighted by Gasteiger charge is -2.22. The number of carbonyl (C=O) groups excluding carboxylic acids is 1. The highest BCUT2D eigenvalue weighted by Gasteiger charge is 2.48. The highest BCUT2D eigenvalue weighted by molar-refractivity contribution is 7.85. The number of aliphatic hydroxyl groups excluding tert-OH is 2. The lowest BCUT2D eigenvalue weighted by molar-refractivity contribution is -0.121. The van der Waals surface area contributed by atoms with E-state index in [1.165, 1.54) is 17.2 Å². The van der Waals surface area contributed by atoms with Crippen LogP contribution in [0.4, 0.5) is 5.82 Å². The summed E-state index contributed by atoms with van der Waals surface area (Å²) in [5, 5.41) is 20.0. The minimum absolute atomic E-state index is 0.0759. The first-order chi connectivity index (χ1) is 15.2. The van der Waals surface area contributed by atoms with Crippen molar-refractivity contribution >= 4 is 33.2 Å². The van der Waals surface area contributed by atoms with Crippen molar-refractivity contribution in [2.75, 3.05) is 18.9 Å². The molecule has 15 nitrogen and oxygen atoms in total. The molecular weight excluding hydrogens is 448 g/mol. The van der Waals surface area contributed by atoms with Crippen LogP contribution in [-0.2, 0) is 24.0 Å². The number of anilines is 1. The molecule has 178 valence electrons. The van der Waals surface area contributed by atoms with E-state index >= 15 is 0 Å². The van der Waals surface area contributed by atoms with Gasteiger partial charge in [-0.25, -0.2) is 23.9 Å². The maximum atomic E-state index is 12.5. The second-order valence-electron chi connectivity index (χ2n) is 7.19. The van der Waals surface area contributed by atoms with E-state index < -0.39 is 53.4 Å². The molecule has 1 aliphatic rings. The molecule has 3 heterocycles. The molecule has 16 heteroatoms. The molecule has 1 aliphatic heterocycles.